The summed E-state index contributed by atoms with van der Waals surface area (Å²) < 4.78 is 0. The molecular weight excluding hydrogens is 322 g/mol. The summed E-state index contributed by atoms with van der Waals surface area (Å²) in [6, 6.07) is 3.93. The lowest BCUT2D eigenvalue weighted by molar-refractivity contribution is -0.124. The van der Waals surface area contributed by atoms with E-state index in [-0.39, 0.29) is 17.7 Å². The van der Waals surface area contributed by atoms with Crippen LogP contribution in [0.3, 0.4) is 0 Å². The molecule has 2 aliphatic rings. The molecule has 1 aliphatic heterocycles. The van der Waals surface area contributed by atoms with Crippen LogP contribution in [0, 0.1) is 12.8 Å². The van der Waals surface area contributed by atoms with E-state index in [1.807, 2.05) is 24.0 Å². The van der Waals surface area contributed by atoms with Gasteiger partial charge in [-0.3, -0.25) is 14.5 Å². The third-order valence-corrected chi connectivity index (χ3v) is 6.05. The van der Waals surface area contributed by atoms with Gasteiger partial charge in [-0.2, -0.15) is 0 Å². The number of aryl methyl sites for hydroxylation is 1. The standard InChI is InChI=1S/C18H27N3O2S/c1-14-6-7-16(24-14)18(23)21-12-10-20(11-13-21)9-8-19-17(22)15-4-2-3-5-15/h6-7,15H,2-5,8-13H2,1H3,(H,19,22). The van der Waals surface area contributed by atoms with Crippen molar-refractivity contribution in [3.8, 4) is 0 Å². The molecule has 2 fully saturated rings. The van der Waals surface area contributed by atoms with Crippen molar-refractivity contribution in [3.05, 3.63) is 21.9 Å². The van der Waals surface area contributed by atoms with Crippen molar-refractivity contribution in [2.45, 2.75) is 32.6 Å². The SMILES string of the molecule is Cc1ccc(C(=O)N2CCN(CCNC(=O)C3CCCC3)CC2)s1. The first kappa shape index (κ1) is 17.4. The molecular formula is C18H27N3O2S. The van der Waals surface area contributed by atoms with Crippen LogP contribution in [0.25, 0.3) is 0 Å². The van der Waals surface area contributed by atoms with Crippen molar-refractivity contribution in [2.24, 2.45) is 5.92 Å². The number of hydrogen-bond acceptors (Lipinski definition) is 4. The van der Waals surface area contributed by atoms with Gasteiger partial charge in [0.1, 0.15) is 0 Å². The Morgan fingerprint density at radius 3 is 2.50 bits per heavy atom. The maximum Gasteiger partial charge on any atom is 0.264 e. The van der Waals surface area contributed by atoms with Gasteiger partial charge in [-0.1, -0.05) is 12.8 Å². The highest BCUT2D eigenvalue weighted by molar-refractivity contribution is 7.13. The Hall–Kier alpha value is -1.40. The topological polar surface area (TPSA) is 52.7 Å². The number of carbonyl (C=O) groups is 2. The number of nitrogens with one attached hydrogen (secondary N) is 1. The lowest BCUT2D eigenvalue weighted by Crippen LogP contribution is -2.50. The molecule has 0 spiro atoms. The third-order valence-electron chi connectivity index (χ3n) is 5.06. The number of carbonyl (C=O) groups excluding carboxylic acids is 2. The first-order valence-corrected chi connectivity index (χ1v) is 9.81. The number of amides is 2. The summed E-state index contributed by atoms with van der Waals surface area (Å²) in [6.07, 6.45) is 4.49. The second kappa shape index (κ2) is 8.12. The predicted molar refractivity (Wildman–Crippen MR) is 96.4 cm³/mol. The molecule has 1 saturated heterocycles. The Bertz CT molecular complexity index is 573. The zero-order valence-electron chi connectivity index (χ0n) is 14.4. The van der Waals surface area contributed by atoms with Crippen molar-refractivity contribution < 1.29 is 9.59 Å². The van der Waals surface area contributed by atoms with E-state index < -0.39 is 0 Å². The third kappa shape index (κ3) is 4.36. The molecule has 0 unspecified atom stereocenters. The summed E-state index contributed by atoms with van der Waals surface area (Å²) in [5, 5.41) is 3.07. The van der Waals surface area contributed by atoms with Gasteiger partial charge >= 0.3 is 0 Å². The molecule has 0 atom stereocenters. The minimum Gasteiger partial charge on any atom is -0.355 e. The maximum absolute atomic E-state index is 12.4. The van der Waals surface area contributed by atoms with Crippen molar-refractivity contribution in [1.82, 2.24) is 15.1 Å². The van der Waals surface area contributed by atoms with Gasteiger partial charge in [0.25, 0.3) is 5.91 Å². The Morgan fingerprint density at radius 1 is 1.17 bits per heavy atom. The number of nitrogens with zero attached hydrogens (tertiary/aromatic N) is 2. The highest BCUT2D eigenvalue weighted by Crippen LogP contribution is 2.24. The molecule has 3 rings (SSSR count). The highest BCUT2D eigenvalue weighted by atomic mass is 32.1. The summed E-state index contributed by atoms with van der Waals surface area (Å²) in [7, 11) is 0. The van der Waals surface area contributed by atoms with Gasteiger partial charge in [-0.25, -0.2) is 0 Å². The van der Waals surface area contributed by atoms with Crippen molar-refractivity contribution in [3.63, 3.8) is 0 Å². The Morgan fingerprint density at radius 2 is 1.88 bits per heavy atom. The smallest absolute Gasteiger partial charge is 0.264 e. The molecule has 0 aromatic carbocycles. The molecule has 2 heterocycles. The second-order valence-corrected chi connectivity index (χ2v) is 8.10. The summed E-state index contributed by atoms with van der Waals surface area (Å²) in [4.78, 5) is 30.7. The second-order valence-electron chi connectivity index (χ2n) is 6.82. The fourth-order valence-corrected chi connectivity index (χ4v) is 4.38. The lowest BCUT2D eigenvalue weighted by atomic mass is 10.1. The molecule has 1 saturated carbocycles. The zero-order chi connectivity index (χ0) is 16.9. The predicted octanol–water partition coefficient (Wildman–Crippen LogP) is 2.12. The average Bonchev–Trinajstić information content (AvgIpc) is 3.26. The van der Waals surface area contributed by atoms with Gasteiger partial charge in [0, 0.05) is 50.1 Å². The Kier molecular flexibility index (Phi) is 5.89. The number of rotatable bonds is 5. The molecule has 0 radical (unpaired) electrons. The van der Waals surface area contributed by atoms with Crippen LogP contribution in [0.4, 0.5) is 0 Å². The van der Waals surface area contributed by atoms with E-state index in [4.69, 9.17) is 0 Å². The summed E-state index contributed by atoms with van der Waals surface area (Å²) >= 11 is 1.57. The van der Waals surface area contributed by atoms with E-state index in [1.54, 1.807) is 11.3 Å². The van der Waals surface area contributed by atoms with E-state index in [9.17, 15) is 9.59 Å². The van der Waals surface area contributed by atoms with E-state index in [0.717, 1.165) is 50.4 Å². The van der Waals surface area contributed by atoms with Crippen LogP contribution in [0.2, 0.25) is 0 Å². The van der Waals surface area contributed by atoms with Crippen molar-refractivity contribution in [2.75, 3.05) is 39.3 Å². The zero-order valence-corrected chi connectivity index (χ0v) is 15.2. The molecule has 6 heteroatoms. The molecule has 1 aliphatic carbocycles. The number of hydrogen-bond donors (Lipinski definition) is 1. The van der Waals surface area contributed by atoms with Crippen molar-refractivity contribution >= 4 is 23.2 Å². The van der Waals surface area contributed by atoms with Crippen LogP contribution < -0.4 is 5.32 Å². The van der Waals surface area contributed by atoms with Crippen molar-refractivity contribution in [1.29, 1.82) is 0 Å². The summed E-state index contributed by atoms with van der Waals surface area (Å²) in [6.45, 7) is 6.93. The van der Waals surface area contributed by atoms with E-state index in [2.05, 4.69) is 10.2 Å². The molecule has 1 aromatic heterocycles. The average molecular weight is 350 g/mol. The minimum atomic E-state index is 0.155. The van der Waals surface area contributed by atoms with Gasteiger partial charge in [0.2, 0.25) is 5.91 Å². The van der Waals surface area contributed by atoms with Crippen LogP contribution in [0.5, 0.6) is 0 Å². The van der Waals surface area contributed by atoms with E-state index in [0.29, 0.717) is 6.54 Å². The maximum atomic E-state index is 12.4. The van der Waals surface area contributed by atoms with Gasteiger partial charge in [0.05, 0.1) is 4.88 Å². The van der Waals surface area contributed by atoms with Gasteiger partial charge in [0.15, 0.2) is 0 Å². The van der Waals surface area contributed by atoms with Crippen LogP contribution in [0.15, 0.2) is 12.1 Å². The normalized spacial score (nSPS) is 19.6. The number of thiophene rings is 1. The molecule has 1 aromatic rings. The van der Waals surface area contributed by atoms with Gasteiger partial charge in [-0.05, 0) is 31.9 Å². The monoisotopic (exact) mass is 349 g/mol. The van der Waals surface area contributed by atoms with E-state index in [1.165, 1.54) is 17.7 Å². The molecule has 1 N–H and O–H groups in total. The molecule has 132 valence electrons. The summed E-state index contributed by atoms with van der Waals surface area (Å²) in [5.74, 6) is 0.630. The van der Waals surface area contributed by atoms with E-state index >= 15 is 0 Å². The van der Waals surface area contributed by atoms with Crippen LogP contribution in [-0.2, 0) is 4.79 Å². The van der Waals surface area contributed by atoms with Crippen LogP contribution in [-0.4, -0.2) is 60.9 Å². The van der Waals surface area contributed by atoms with Crippen LogP contribution >= 0.6 is 11.3 Å². The van der Waals surface area contributed by atoms with Gasteiger partial charge in [-0.15, -0.1) is 11.3 Å². The number of piperazine rings is 1. The fraction of sp³-hybridized carbons (Fsp3) is 0.667. The van der Waals surface area contributed by atoms with Crippen LogP contribution in [0.1, 0.15) is 40.2 Å². The Balaban J connectivity index is 1.36. The highest BCUT2D eigenvalue weighted by Gasteiger charge is 2.24. The molecule has 2 amide bonds. The first-order valence-electron chi connectivity index (χ1n) is 8.99. The van der Waals surface area contributed by atoms with Gasteiger partial charge < -0.3 is 10.2 Å². The fourth-order valence-electron chi connectivity index (χ4n) is 3.55. The molecule has 5 nitrogen and oxygen atoms in total. The molecule has 24 heavy (non-hydrogen) atoms. The lowest BCUT2D eigenvalue weighted by Gasteiger charge is -2.34. The molecule has 0 bridgehead atoms. The minimum absolute atomic E-state index is 0.155. The largest absolute Gasteiger partial charge is 0.355 e. The first-order chi connectivity index (χ1) is 11.6. The quantitative estimate of drug-likeness (QED) is 0.886. The Labute approximate surface area is 148 Å². The summed E-state index contributed by atoms with van der Waals surface area (Å²) in [5.41, 5.74) is 0.